The Bertz CT molecular complexity index is 1610. The van der Waals surface area contributed by atoms with Gasteiger partial charge in [-0.15, -0.1) is 0 Å². The van der Waals surface area contributed by atoms with Crippen LogP contribution in [0.1, 0.15) is 29.5 Å². The molecule has 3 aromatic rings. The van der Waals surface area contributed by atoms with Crippen molar-refractivity contribution in [3.05, 3.63) is 95.6 Å². The highest BCUT2D eigenvalue weighted by Gasteiger charge is 2.49. The third-order valence-electron chi connectivity index (χ3n) is 13.6. The molecule has 6 saturated heterocycles. The summed E-state index contributed by atoms with van der Waals surface area (Å²) in [6.45, 7) is 20.2. The first-order valence-electron chi connectivity index (χ1n) is 19.1. The van der Waals surface area contributed by atoms with Crippen LogP contribution in [0.5, 0.6) is 0 Å². The number of likely N-dealkylation sites (N-methyl/N-ethyl adjacent to an activating group) is 1. The van der Waals surface area contributed by atoms with Gasteiger partial charge in [0.25, 0.3) is 0 Å². The summed E-state index contributed by atoms with van der Waals surface area (Å²) < 4.78 is 5.33. The van der Waals surface area contributed by atoms with Gasteiger partial charge in [-0.2, -0.15) is 0 Å². The fourth-order valence-electron chi connectivity index (χ4n) is 9.73. The molecule has 8 nitrogen and oxygen atoms in total. The molecule has 0 saturated carbocycles. The molecular weight excluding hydrogens is 766 g/mol. The van der Waals surface area contributed by atoms with Crippen molar-refractivity contribution < 1.29 is 87.4 Å². The molecule has 2 N–H and O–H groups in total. The second kappa shape index (κ2) is 19.2. The number of aliphatic carboxylic acids is 2. The average molecular weight is 825 g/mol. The smallest absolute Gasteiger partial charge is 0.307 e. The predicted molar refractivity (Wildman–Crippen MR) is 196 cm³/mol. The average Bonchev–Trinajstić information content (AvgIpc) is 3.14. The molecule has 0 unspecified atom stereocenters. The van der Waals surface area contributed by atoms with E-state index in [1.165, 1.54) is 128 Å². The van der Waals surface area contributed by atoms with Gasteiger partial charge in [0.15, 0.2) is 0 Å². The Kier molecular flexibility index (Phi) is 16.3. The fraction of sp³-hybridized carbons (Fsp3) is 0.524. The van der Waals surface area contributed by atoms with Crippen molar-refractivity contribution in [3.8, 4) is 11.1 Å². The summed E-state index contributed by atoms with van der Waals surface area (Å²) >= 11 is 0. The van der Waals surface area contributed by atoms with Crippen LogP contribution in [0.15, 0.2) is 78.9 Å². The SMILES string of the molecule is C[N+]12CC[N+](CCCC[N+]34CC[N+](Cc5ccc(-c6ccc(C[C@H](C(=O)O)[C@H](Cc7ccccc7)C(=O)O)cc6)cc5)(CC3)CC4)(CC1)CC2.[Cl-].[Cl-].[Cl-].[Cl-]. The van der Waals surface area contributed by atoms with Crippen LogP contribution in [-0.4, -0.2) is 139 Å². The van der Waals surface area contributed by atoms with Gasteiger partial charge in [-0.25, -0.2) is 0 Å². The van der Waals surface area contributed by atoms with Crippen molar-refractivity contribution in [2.75, 3.05) is 98.7 Å². The number of nitrogens with zero attached hydrogens (tertiary/aromatic N) is 4. The Morgan fingerprint density at radius 3 is 1.26 bits per heavy atom. The van der Waals surface area contributed by atoms with E-state index in [1.807, 2.05) is 54.6 Å². The maximum Gasteiger partial charge on any atom is 0.307 e. The number of unbranched alkanes of at least 4 members (excludes halogenated alkanes) is 1. The number of quaternary nitrogens is 4. The van der Waals surface area contributed by atoms with E-state index in [2.05, 4.69) is 31.3 Å². The van der Waals surface area contributed by atoms with E-state index in [9.17, 15) is 19.8 Å². The van der Waals surface area contributed by atoms with Crippen LogP contribution in [0, 0.1) is 11.8 Å². The van der Waals surface area contributed by atoms with E-state index in [0.29, 0.717) is 0 Å². The lowest BCUT2D eigenvalue weighted by atomic mass is 9.82. The van der Waals surface area contributed by atoms with Crippen molar-refractivity contribution >= 4 is 11.9 Å². The Morgan fingerprint density at radius 2 is 0.852 bits per heavy atom. The molecule has 12 heteroatoms. The van der Waals surface area contributed by atoms with E-state index in [-0.39, 0.29) is 62.5 Å². The Balaban J connectivity index is 0.00000196. The molecule has 6 heterocycles. The zero-order valence-electron chi connectivity index (χ0n) is 31.6. The van der Waals surface area contributed by atoms with Gasteiger partial charge in [0.05, 0.1) is 32.0 Å². The van der Waals surface area contributed by atoms with Crippen LogP contribution in [-0.2, 0) is 29.0 Å². The molecular formula is C42H58Cl4N4O4. The topological polar surface area (TPSA) is 74.6 Å². The molecule has 0 aliphatic carbocycles. The van der Waals surface area contributed by atoms with Crippen molar-refractivity contribution in [3.63, 3.8) is 0 Å². The molecule has 0 aromatic heterocycles. The summed E-state index contributed by atoms with van der Waals surface area (Å²) in [6.07, 6.45) is 3.17. The molecule has 9 rings (SSSR count). The highest BCUT2D eigenvalue weighted by Crippen LogP contribution is 2.32. The van der Waals surface area contributed by atoms with Gasteiger partial charge in [0, 0.05) is 18.4 Å². The van der Waals surface area contributed by atoms with Gasteiger partial charge in [0.2, 0.25) is 0 Å². The maximum absolute atomic E-state index is 12.2. The number of benzene rings is 3. The fourth-order valence-corrected chi connectivity index (χ4v) is 9.73. The van der Waals surface area contributed by atoms with Crippen molar-refractivity contribution in [1.82, 2.24) is 0 Å². The van der Waals surface area contributed by atoms with Gasteiger partial charge in [-0.3, -0.25) is 9.59 Å². The van der Waals surface area contributed by atoms with E-state index in [4.69, 9.17) is 0 Å². The highest BCUT2D eigenvalue weighted by atomic mass is 35.5. The summed E-state index contributed by atoms with van der Waals surface area (Å²) in [5, 5.41) is 19.9. The number of piperazine rings is 6. The number of carbonyl (C=O) groups is 2. The molecule has 0 spiro atoms. The summed E-state index contributed by atoms with van der Waals surface area (Å²) in [5.41, 5.74) is 5.29. The van der Waals surface area contributed by atoms with Crippen molar-refractivity contribution in [1.29, 1.82) is 0 Å². The standard InChI is InChI=1S/C42H56N4O4.4ClH/c1-43-19-22-44(23-20-43,24-21-43)17-5-6-18-45-25-28-46(29-26-45,30-27-45)33-36-11-15-38(16-12-36)37-13-9-35(10-14-37)32-40(42(49)50)39(41(47)48)31-34-7-3-2-4-8-34;;;;/h2-4,7-16,39-40H,5-6,17-33H2,1H3;4*1H/q+2;;;;/p-2/t39-,40-,43?,44?,45?,46?;;;;/m0..../s1. The lowest BCUT2D eigenvalue weighted by molar-refractivity contribution is -1.09. The zero-order chi connectivity index (χ0) is 34.8. The third kappa shape index (κ3) is 10.5. The van der Waals surface area contributed by atoms with Crippen LogP contribution in [0.2, 0.25) is 0 Å². The van der Waals surface area contributed by atoms with Gasteiger partial charge in [-0.05, 0) is 35.1 Å². The highest BCUT2D eigenvalue weighted by molar-refractivity contribution is 5.80. The molecule has 3 aromatic carbocycles. The van der Waals surface area contributed by atoms with Gasteiger partial charge >= 0.3 is 11.9 Å². The number of rotatable bonds is 15. The Morgan fingerprint density at radius 1 is 0.500 bits per heavy atom. The lowest BCUT2D eigenvalue weighted by Gasteiger charge is -2.56. The van der Waals surface area contributed by atoms with Crippen LogP contribution in [0.3, 0.4) is 0 Å². The van der Waals surface area contributed by atoms with E-state index in [1.54, 1.807) is 0 Å². The van der Waals surface area contributed by atoms with Gasteiger partial charge < -0.3 is 77.8 Å². The summed E-state index contributed by atoms with van der Waals surface area (Å²) in [6, 6.07) is 26.2. The number of carboxylic acid groups (broad SMARTS) is 2. The second-order valence-corrected chi connectivity index (χ2v) is 16.8. The molecule has 298 valence electrons. The first-order chi connectivity index (χ1) is 24.1. The molecule has 0 radical (unpaired) electrons. The monoisotopic (exact) mass is 822 g/mol. The normalized spacial score (nSPS) is 27.6. The number of carboxylic acids is 2. The molecule has 2 atom stereocenters. The summed E-state index contributed by atoms with van der Waals surface area (Å²) in [5.74, 6) is -4.16. The largest absolute Gasteiger partial charge is 1.00 e. The van der Waals surface area contributed by atoms with Crippen LogP contribution >= 0.6 is 0 Å². The zero-order valence-corrected chi connectivity index (χ0v) is 34.6. The maximum atomic E-state index is 12.2. The van der Waals surface area contributed by atoms with Crippen LogP contribution in [0.25, 0.3) is 11.1 Å². The van der Waals surface area contributed by atoms with E-state index >= 15 is 0 Å². The van der Waals surface area contributed by atoms with Gasteiger partial charge in [0.1, 0.15) is 85.1 Å². The van der Waals surface area contributed by atoms with Crippen LogP contribution < -0.4 is 49.6 Å². The predicted octanol–water partition coefficient (Wildman–Crippen LogP) is -7.21. The summed E-state index contributed by atoms with van der Waals surface area (Å²) in [7, 11) is 2.46. The van der Waals surface area contributed by atoms with Gasteiger partial charge in [-0.1, -0.05) is 78.9 Å². The van der Waals surface area contributed by atoms with E-state index in [0.717, 1.165) is 28.8 Å². The lowest BCUT2D eigenvalue weighted by Crippen LogP contribution is -3.00. The Labute approximate surface area is 347 Å². The van der Waals surface area contributed by atoms with Crippen LogP contribution in [0.4, 0.5) is 0 Å². The number of fused-ring (bicyclic) bond motifs is 6. The van der Waals surface area contributed by atoms with E-state index < -0.39 is 23.8 Å². The molecule has 54 heavy (non-hydrogen) atoms. The molecule has 6 aliphatic rings. The van der Waals surface area contributed by atoms with Crippen molar-refractivity contribution in [2.24, 2.45) is 11.8 Å². The second-order valence-electron chi connectivity index (χ2n) is 16.8. The minimum absolute atomic E-state index is 0. The minimum Gasteiger partial charge on any atom is -1.00 e. The molecule has 4 bridgehead atoms. The Hall–Kier alpha value is -2.40. The first-order valence-corrected chi connectivity index (χ1v) is 19.1. The minimum atomic E-state index is -1.07. The number of halogens is 4. The quantitative estimate of drug-likeness (QED) is 0.118. The number of hydrogen-bond acceptors (Lipinski definition) is 2. The molecule has 6 aliphatic heterocycles. The van der Waals surface area contributed by atoms with Crippen molar-refractivity contribution in [2.45, 2.75) is 32.2 Å². The number of hydrogen-bond donors (Lipinski definition) is 2. The summed E-state index contributed by atoms with van der Waals surface area (Å²) in [4.78, 5) is 24.4. The molecule has 6 fully saturated rings. The first kappa shape index (κ1) is 46.0. The molecule has 0 amide bonds. The third-order valence-corrected chi connectivity index (χ3v) is 13.6.